The molecule has 0 N–H and O–H groups in total. The van der Waals surface area contributed by atoms with Crippen molar-refractivity contribution in [2.45, 2.75) is 85.6 Å². The first-order valence-electron chi connectivity index (χ1n) is 8.36. The third-order valence-corrected chi connectivity index (χ3v) is 18.3. The monoisotopic (exact) mass is 376 g/mol. The average Bonchev–Trinajstić information content (AvgIpc) is 2.45. The van der Waals surface area contributed by atoms with Gasteiger partial charge in [-0.3, -0.25) is 0 Å². The van der Waals surface area contributed by atoms with Crippen LogP contribution in [0.4, 0.5) is 0 Å². The molecule has 2 heteroatoms. The predicted molar refractivity (Wildman–Crippen MR) is 90.5 cm³/mol. The fourth-order valence-electron chi connectivity index (χ4n) is 2.63. The zero-order valence-electron chi connectivity index (χ0n) is 14.0. The fourth-order valence-corrected chi connectivity index (χ4v) is 17.2. The molecule has 19 heavy (non-hydrogen) atoms. The van der Waals surface area contributed by atoms with Crippen molar-refractivity contribution in [1.29, 1.82) is 0 Å². The Morgan fingerprint density at radius 1 is 0.895 bits per heavy atom. The number of ether oxygens (including phenoxy) is 1. The van der Waals surface area contributed by atoms with Gasteiger partial charge in [-0.25, -0.2) is 0 Å². The van der Waals surface area contributed by atoms with E-state index in [1.54, 1.807) is 13.3 Å². The molecular formula is C17H36OSn. The molecule has 0 spiro atoms. The molecule has 0 rings (SSSR count). The molecule has 0 saturated heterocycles. The minimum atomic E-state index is -2.03. The Morgan fingerprint density at radius 3 is 1.63 bits per heavy atom. The summed E-state index contributed by atoms with van der Waals surface area (Å²) in [7, 11) is 1.82. The Labute approximate surface area is 126 Å². The van der Waals surface area contributed by atoms with E-state index in [4.69, 9.17) is 4.74 Å². The standard InChI is InChI=1S/C5H9O.3C4H9.Sn/c1-4-5(2)6-3;3*1-3-4-2;/h1,4-5H,2-3H3;3*1,3-4H2,2H3;/t5-;;;;/m0..../s1. The zero-order chi connectivity index (χ0) is 14.6. The van der Waals surface area contributed by atoms with Crippen molar-refractivity contribution >= 4 is 18.4 Å². The van der Waals surface area contributed by atoms with E-state index in [0.717, 1.165) is 0 Å². The molecule has 0 aliphatic carbocycles. The van der Waals surface area contributed by atoms with Gasteiger partial charge in [0, 0.05) is 0 Å². The van der Waals surface area contributed by atoms with Gasteiger partial charge in [-0.15, -0.1) is 0 Å². The normalized spacial score (nSPS) is 14.2. The van der Waals surface area contributed by atoms with Crippen LogP contribution < -0.4 is 0 Å². The van der Waals surface area contributed by atoms with Crippen LogP contribution >= 0.6 is 0 Å². The molecule has 0 amide bonds. The van der Waals surface area contributed by atoms with E-state index < -0.39 is 18.4 Å². The second-order valence-electron chi connectivity index (χ2n) is 5.97. The van der Waals surface area contributed by atoms with Crippen LogP contribution in [0.1, 0.15) is 66.2 Å². The molecule has 0 radical (unpaired) electrons. The molecule has 1 nitrogen and oxygen atoms in total. The average molecular weight is 375 g/mol. The summed E-state index contributed by atoms with van der Waals surface area (Å²) in [5, 5.41) is 0. The van der Waals surface area contributed by atoms with E-state index in [-0.39, 0.29) is 0 Å². The molecule has 0 aliphatic rings. The van der Waals surface area contributed by atoms with Crippen LogP contribution in [0.15, 0.2) is 10.2 Å². The Bertz CT molecular complexity index is 204. The van der Waals surface area contributed by atoms with Crippen molar-refractivity contribution in [3.05, 3.63) is 10.2 Å². The van der Waals surface area contributed by atoms with Crippen molar-refractivity contribution in [3.8, 4) is 0 Å². The Kier molecular flexibility index (Phi) is 12.6. The fraction of sp³-hybridized carbons (Fsp3) is 0.882. The first-order chi connectivity index (χ1) is 9.14. The summed E-state index contributed by atoms with van der Waals surface area (Å²) in [6.45, 7) is 9.15. The molecule has 0 unspecified atom stereocenters. The maximum atomic E-state index is 5.41. The van der Waals surface area contributed by atoms with Crippen molar-refractivity contribution in [2.24, 2.45) is 0 Å². The number of unbranched alkanes of at least 4 members (excludes halogenated alkanes) is 3. The van der Waals surface area contributed by atoms with Gasteiger partial charge in [-0.2, -0.15) is 0 Å². The van der Waals surface area contributed by atoms with E-state index in [0.29, 0.717) is 6.10 Å². The number of hydrogen-bond donors (Lipinski definition) is 0. The number of rotatable bonds is 12. The van der Waals surface area contributed by atoms with Crippen LogP contribution in [0.3, 0.4) is 0 Å². The second kappa shape index (κ2) is 12.3. The summed E-state index contributed by atoms with van der Waals surface area (Å²) >= 11 is -2.03. The SMILES string of the molecule is CCC[CH2][Sn](/[CH]=C\[C@H](C)OC)([CH2]CCC)[CH2]CCC. The molecule has 0 bridgehead atoms. The van der Waals surface area contributed by atoms with Crippen molar-refractivity contribution in [1.82, 2.24) is 0 Å². The minimum absolute atomic E-state index is 0.293. The topological polar surface area (TPSA) is 9.23 Å². The summed E-state index contributed by atoms with van der Waals surface area (Å²) in [6.07, 6.45) is 11.0. The van der Waals surface area contributed by atoms with Crippen molar-refractivity contribution in [2.75, 3.05) is 7.11 Å². The maximum absolute atomic E-state index is 5.41. The van der Waals surface area contributed by atoms with Crippen LogP contribution in [-0.4, -0.2) is 31.6 Å². The Morgan fingerprint density at radius 2 is 1.32 bits per heavy atom. The van der Waals surface area contributed by atoms with Gasteiger partial charge in [-0.05, 0) is 0 Å². The first kappa shape index (κ1) is 19.5. The second-order valence-corrected chi connectivity index (χ2v) is 19.0. The third kappa shape index (κ3) is 9.12. The van der Waals surface area contributed by atoms with Crippen LogP contribution in [0, 0.1) is 0 Å². The van der Waals surface area contributed by atoms with Gasteiger partial charge < -0.3 is 0 Å². The van der Waals surface area contributed by atoms with Gasteiger partial charge in [0.1, 0.15) is 0 Å². The van der Waals surface area contributed by atoms with Gasteiger partial charge in [0.15, 0.2) is 0 Å². The van der Waals surface area contributed by atoms with Crippen LogP contribution in [0.5, 0.6) is 0 Å². The summed E-state index contributed by atoms with van der Waals surface area (Å²) < 4.78 is 12.8. The Balaban J connectivity index is 4.80. The van der Waals surface area contributed by atoms with E-state index >= 15 is 0 Å². The summed E-state index contributed by atoms with van der Waals surface area (Å²) in [5.41, 5.74) is 0. The predicted octanol–water partition coefficient (Wildman–Crippen LogP) is 5.97. The van der Waals surface area contributed by atoms with Gasteiger partial charge in [0.2, 0.25) is 0 Å². The molecule has 0 aromatic carbocycles. The number of methoxy groups -OCH3 is 1. The molecule has 0 heterocycles. The molecule has 0 aromatic rings. The molecule has 114 valence electrons. The summed E-state index contributed by atoms with van der Waals surface area (Å²) in [5.74, 6) is 0. The quantitative estimate of drug-likeness (QED) is 0.382. The number of hydrogen-bond acceptors (Lipinski definition) is 1. The van der Waals surface area contributed by atoms with Crippen LogP contribution in [0.25, 0.3) is 0 Å². The van der Waals surface area contributed by atoms with Gasteiger partial charge >= 0.3 is 126 Å². The molecule has 0 aliphatic heterocycles. The zero-order valence-corrected chi connectivity index (χ0v) is 16.9. The van der Waals surface area contributed by atoms with Crippen molar-refractivity contribution in [3.63, 3.8) is 0 Å². The van der Waals surface area contributed by atoms with E-state index in [1.165, 1.54) is 38.5 Å². The molecule has 0 saturated carbocycles. The van der Waals surface area contributed by atoms with E-state index in [9.17, 15) is 0 Å². The van der Waals surface area contributed by atoms with Crippen molar-refractivity contribution < 1.29 is 4.74 Å². The van der Waals surface area contributed by atoms with Gasteiger partial charge in [0.05, 0.1) is 0 Å². The van der Waals surface area contributed by atoms with Crippen LogP contribution in [-0.2, 0) is 4.74 Å². The molecule has 1 atom stereocenters. The molecular weight excluding hydrogens is 339 g/mol. The molecule has 0 fully saturated rings. The third-order valence-electron chi connectivity index (χ3n) is 4.18. The van der Waals surface area contributed by atoms with E-state index in [2.05, 4.69) is 37.9 Å². The summed E-state index contributed by atoms with van der Waals surface area (Å²) in [6, 6.07) is 0. The van der Waals surface area contributed by atoms with Gasteiger partial charge in [-0.1, -0.05) is 0 Å². The van der Waals surface area contributed by atoms with Gasteiger partial charge in [0.25, 0.3) is 0 Å². The van der Waals surface area contributed by atoms with Crippen LogP contribution in [0.2, 0.25) is 13.3 Å². The van der Waals surface area contributed by atoms with E-state index in [1.807, 2.05) is 7.11 Å². The summed E-state index contributed by atoms with van der Waals surface area (Å²) in [4.78, 5) is 0. The first-order valence-corrected chi connectivity index (χ1v) is 16.1. The Hall–Kier alpha value is 0.499. The molecule has 0 aromatic heterocycles.